The molecule has 29 heavy (non-hydrogen) atoms. The number of carbonyl (C=O) groups is 1. The van der Waals surface area contributed by atoms with Gasteiger partial charge in [0.05, 0.1) is 19.5 Å². The van der Waals surface area contributed by atoms with Crippen molar-refractivity contribution in [3.05, 3.63) is 42.4 Å². The smallest absolute Gasteiger partial charge is 0.243 e. The van der Waals surface area contributed by atoms with Crippen LogP contribution >= 0.6 is 24.0 Å². The van der Waals surface area contributed by atoms with E-state index in [0.717, 1.165) is 23.6 Å². The summed E-state index contributed by atoms with van der Waals surface area (Å²) in [5, 5.41) is 6.46. The van der Waals surface area contributed by atoms with Crippen molar-refractivity contribution in [3.63, 3.8) is 0 Å². The van der Waals surface area contributed by atoms with E-state index in [1.54, 1.807) is 20.4 Å². The molecule has 158 valence electrons. The molecule has 0 radical (unpaired) electrons. The minimum absolute atomic E-state index is 0. The molecule has 0 unspecified atom stereocenters. The number of halogens is 1. The average molecular weight is 514 g/mol. The first kappa shape index (κ1) is 22.9. The number of amides is 1. The second-order valence-corrected chi connectivity index (χ2v) is 6.55. The van der Waals surface area contributed by atoms with Crippen LogP contribution in [0.5, 0.6) is 11.5 Å². The van der Waals surface area contributed by atoms with Crippen LogP contribution in [0.2, 0.25) is 0 Å². The Labute approximate surface area is 187 Å². The fraction of sp³-hybridized carbons (Fsp3) is 0.400. The summed E-state index contributed by atoms with van der Waals surface area (Å²) in [6.07, 6.45) is 3.21. The summed E-state index contributed by atoms with van der Waals surface area (Å²) < 4.78 is 16.7. The monoisotopic (exact) mass is 514 g/mol. The lowest BCUT2D eigenvalue weighted by Crippen LogP contribution is -2.34. The summed E-state index contributed by atoms with van der Waals surface area (Å²) in [6, 6.07) is 9.42. The lowest BCUT2D eigenvalue weighted by atomic mass is 10.2. The van der Waals surface area contributed by atoms with Crippen molar-refractivity contribution < 1.29 is 18.7 Å². The van der Waals surface area contributed by atoms with Crippen molar-refractivity contribution in [2.24, 2.45) is 4.99 Å². The van der Waals surface area contributed by atoms with Gasteiger partial charge in [-0.15, -0.1) is 24.0 Å². The van der Waals surface area contributed by atoms with Crippen molar-refractivity contribution in [1.29, 1.82) is 0 Å². The largest absolute Gasteiger partial charge is 0.490 e. The van der Waals surface area contributed by atoms with Crippen molar-refractivity contribution in [3.8, 4) is 11.5 Å². The number of nitrogens with one attached hydrogen (secondary N) is 2. The van der Waals surface area contributed by atoms with Crippen molar-refractivity contribution in [2.75, 3.05) is 45.7 Å². The number of aliphatic imine (C=N–C) groups is 1. The van der Waals surface area contributed by atoms with Gasteiger partial charge in [0.15, 0.2) is 17.5 Å². The van der Waals surface area contributed by atoms with Gasteiger partial charge in [-0.2, -0.15) is 0 Å². The number of guanidine groups is 1. The normalized spacial score (nSPS) is 13.1. The van der Waals surface area contributed by atoms with Crippen LogP contribution < -0.4 is 20.1 Å². The number of rotatable bonds is 6. The van der Waals surface area contributed by atoms with Crippen LogP contribution in [0.15, 0.2) is 46.0 Å². The Balaban J connectivity index is 0.00000300. The SMILES string of the molecule is CN(C)C(=O)CN=C(NCCc1ccco1)Nc1ccc2c(c1)OCCCO2.I. The highest BCUT2D eigenvalue weighted by molar-refractivity contribution is 14.0. The summed E-state index contributed by atoms with van der Waals surface area (Å²) >= 11 is 0. The molecule has 0 aliphatic carbocycles. The first-order valence-electron chi connectivity index (χ1n) is 9.29. The summed E-state index contributed by atoms with van der Waals surface area (Å²) in [5.41, 5.74) is 0.797. The number of fused-ring (bicyclic) bond motifs is 1. The summed E-state index contributed by atoms with van der Waals surface area (Å²) in [4.78, 5) is 17.8. The molecular formula is C20H27IN4O4. The number of hydrogen-bond donors (Lipinski definition) is 2. The minimum atomic E-state index is -0.0780. The molecule has 2 aromatic rings. The molecule has 8 nitrogen and oxygen atoms in total. The van der Waals surface area contributed by atoms with Crippen LogP contribution in [0.25, 0.3) is 0 Å². The Morgan fingerprint density at radius 3 is 2.69 bits per heavy atom. The molecule has 9 heteroatoms. The molecule has 0 atom stereocenters. The van der Waals surface area contributed by atoms with Gasteiger partial charge in [0.1, 0.15) is 12.3 Å². The Bertz CT molecular complexity index is 809. The van der Waals surface area contributed by atoms with Gasteiger partial charge in [-0.05, 0) is 24.3 Å². The lowest BCUT2D eigenvalue weighted by molar-refractivity contribution is -0.127. The Hall–Kier alpha value is -2.43. The number of benzene rings is 1. The van der Waals surface area contributed by atoms with Crippen molar-refractivity contribution in [2.45, 2.75) is 12.8 Å². The maximum atomic E-state index is 11.9. The van der Waals surface area contributed by atoms with Crippen molar-refractivity contribution >= 4 is 41.5 Å². The number of likely N-dealkylation sites (N-methyl/N-ethyl adjacent to an activating group) is 1. The molecule has 0 fully saturated rings. The van der Waals surface area contributed by atoms with Gasteiger partial charge >= 0.3 is 0 Å². The predicted molar refractivity (Wildman–Crippen MR) is 122 cm³/mol. The maximum absolute atomic E-state index is 11.9. The highest BCUT2D eigenvalue weighted by Gasteiger charge is 2.12. The third-order valence-electron chi connectivity index (χ3n) is 4.13. The summed E-state index contributed by atoms with van der Waals surface area (Å²) in [6.45, 7) is 1.93. The van der Waals surface area contributed by atoms with Gasteiger partial charge in [-0.3, -0.25) is 4.79 Å². The highest BCUT2D eigenvalue weighted by atomic mass is 127. The van der Waals surface area contributed by atoms with Crippen LogP contribution in [0, 0.1) is 0 Å². The number of anilines is 1. The quantitative estimate of drug-likeness (QED) is 0.350. The van der Waals surface area contributed by atoms with E-state index in [-0.39, 0.29) is 36.4 Å². The van der Waals surface area contributed by atoms with Crippen LogP contribution in [0.4, 0.5) is 5.69 Å². The molecule has 1 aliphatic rings. The molecule has 1 aliphatic heterocycles. The first-order chi connectivity index (χ1) is 13.6. The first-order valence-corrected chi connectivity index (χ1v) is 9.29. The summed E-state index contributed by atoms with van der Waals surface area (Å²) in [7, 11) is 3.41. The Kier molecular flexibility index (Phi) is 9.10. The van der Waals surface area contributed by atoms with Crippen LogP contribution in [0.1, 0.15) is 12.2 Å². The van der Waals surface area contributed by atoms with E-state index in [0.29, 0.717) is 37.9 Å². The number of ether oxygens (including phenoxy) is 2. The molecule has 2 heterocycles. The van der Waals surface area contributed by atoms with Crippen LogP contribution in [-0.2, 0) is 11.2 Å². The van der Waals surface area contributed by atoms with Gasteiger partial charge < -0.3 is 29.4 Å². The number of furan rings is 1. The van der Waals surface area contributed by atoms with E-state index in [2.05, 4.69) is 15.6 Å². The molecule has 0 saturated heterocycles. The molecule has 0 saturated carbocycles. The highest BCUT2D eigenvalue weighted by Crippen LogP contribution is 2.32. The molecule has 1 amide bonds. The van der Waals surface area contributed by atoms with Crippen LogP contribution in [0.3, 0.4) is 0 Å². The Morgan fingerprint density at radius 2 is 1.97 bits per heavy atom. The van der Waals surface area contributed by atoms with E-state index in [1.807, 2.05) is 30.3 Å². The predicted octanol–water partition coefficient (Wildman–Crippen LogP) is 2.75. The number of carbonyl (C=O) groups excluding carboxylic acids is 1. The average Bonchev–Trinajstić information content (AvgIpc) is 3.09. The zero-order chi connectivity index (χ0) is 19.8. The summed E-state index contributed by atoms with van der Waals surface area (Å²) in [5.74, 6) is 2.74. The Morgan fingerprint density at radius 1 is 1.17 bits per heavy atom. The van der Waals surface area contributed by atoms with Gasteiger partial charge in [0, 0.05) is 45.2 Å². The zero-order valence-corrected chi connectivity index (χ0v) is 19.0. The van der Waals surface area contributed by atoms with E-state index in [1.165, 1.54) is 4.90 Å². The van der Waals surface area contributed by atoms with Gasteiger partial charge in [0.25, 0.3) is 0 Å². The second kappa shape index (κ2) is 11.5. The molecule has 0 bridgehead atoms. The van der Waals surface area contributed by atoms with Crippen molar-refractivity contribution in [1.82, 2.24) is 10.2 Å². The van der Waals surface area contributed by atoms with Crippen LogP contribution in [-0.4, -0.2) is 57.2 Å². The molecule has 3 rings (SSSR count). The van der Waals surface area contributed by atoms with Gasteiger partial charge in [-0.1, -0.05) is 0 Å². The molecule has 1 aromatic carbocycles. The maximum Gasteiger partial charge on any atom is 0.243 e. The third-order valence-corrected chi connectivity index (χ3v) is 4.13. The molecule has 0 spiro atoms. The number of hydrogen-bond acceptors (Lipinski definition) is 5. The zero-order valence-electron chi connectivity index (χ0n) is 16.6. The lowest BCUT2D eigenvalue weighted by Gasteiger charge is -2.15. The molecule has 2 N–H and O–H groups in total. The van der Waals surface area contributed by atoms with Gasteiger partial charge in [0.2, 0.25) is 5.91 Å². The second-order valence-electron chi connectivity index (χ2n) is 6.55. The molecular weight excluding hydrogens is 487 g/mol. The number of nitrogens with zero attached hydrogens (tertiary/aromatic N) is 2. The topological polar surface area (TPSA) is 88.3 Å². The van der Waals surface area contributed by atoms with E-state index in [4.69, 9.17) is 13.9 Å². The molecule has 1 aromatic heterocycles. The fourth-order valence-electron chi connectivity index (χ4n) is 2.56. The van der Waals surface area contributed by atoms with E-state index in [9.17, 15) is 4.79 Å². The fourth-order valence-corrected chi connectivity index (χ4v) is 2.56. The third kappa shape index (κ3) is 7.15. The van der Waals surface area contributed by atoms with Gasteiger partial charge in [-0.25, -0.2) is 4.99 Å². The standard InChI is InChI=1S/C20H26N4O4.HI/c1-24(2)19(25)14-22-20(21-9-8-16-5-3-10-26-16)23-15-6-7-17-18(13-15)28-12-4-11-27-17;/h3,5-7,10,13H,4,8-9,11-12,14H2,1-2H3,(H2,21,22,23);1H. The van der Waals surface area contributed by atoms with E-state index < -0.39 is 0 Å². The minimum Gasteiger partial charge on any atom is -0.490 e. The van der Waals surface area contributed by atoms with E-state index >= 15 is 0 Å².